The summed E-state index contributed by atoms with van der Waals surface area (Å²) in [6.07, 6.45) is 1.48. The molecule has 4 nitrogen and oxygen atoms in total. The lowest BCUT2D eigenvalue weighted by Gasteiger charge is -2.06. The van der Waals surface area contributed by atoms with Gasteiger partial charge in [-0.05, 0) is 24.3 Å². The van der Waals surface area contributed by atoms with Crippen molar-refractivity contribution in [3.63, 3.8) is 0 Å². The molecule has 20 heavy (non-hydrogen) atoms. The third kappa shape index (κ3) is 4.31. The van der Waals surface area contributed by atoms with Crippen LogP contribution in [0.3, 0.4) is 0 Å². The first-order valence-corrected chi connectivity index (χ1v) is 6.36. The second kappa shape index (κ2) is 7.19. The van der Waals surface area contributed by atoms with E-state index in [1.807, 2.05) is 42.5 Å². The van der Waals surface area contributed by atoms with Crippen molar-refractivity contribution < 1.29 is 14.2 Å². The largest absolute Gasteiger partial charge is 0.624 e. The number of ether oxygens (including phenoxy) is 2. The maximum atomic E-state index is 11.7. The number of rotatable bonds is 6. The predicted molar refractivity (Wildman–Crippen MR) is 78.3 cm³/mol. The van der Waals surface area contributed by atoms with E-state index in [-0.39, 0.29) is 6.61 Å². The van der Waals surface area contributed by atoms with E-state index in [9.17, 15) is 5.21 Å². The molecule has 0 amide bonds. The van der Waals surface area contributed by atoms with Crippen LogP contribution in [0.15, 0.2) is 54.6 Å². The van der Waals surface area contributed by atoms with Gasteiger partial charge < -0.3 is 14.7 Å². The summed E-state index contributed by atoms with van der Waals surface area (Å²) in [7, 11) is 1.61. The Hall–Kier alpha value is -2.49. The molecule has 0 aliphatic heterocycles. The third-order valence-electron chi connectivity index (χ3n) is 2.77. The molecule has 2 aromatic carbocycles. The van der Waals surface area contributed by atoms with Crippen molar-refractivity contribution in [3.05, 3.63) is 65.4 Å². The van der Waals surface area contributed by atoms with Gasteiger partial charge in [0.25, 0.3) is 0 Å². The summed E-state index contributed by atoms with van der Waals surface area (Å²) in [5.41, 5.74) is 0.975. The molecule has 0 bridgehead atoms. The normalized spacial score (nSPS) is 11.2. The van der Waals surface area contributed by atoms with Gasteiger partial charge in [0.15, 0.2) is 19.4 Å². The SMILES string of the molecule is COc1ccc(OC/C=[N+](\[O-])Cc2ccccc2)cc1. The van der Waals surface area contributed by atoms with Crippen LogP contribution in [0.25, 0.3) is 0 Å². The highest BCUT2D eigenvalue weighted by Crippen LogP contribution is 2.16. The Kier molecular flexibility index (Phi) is 5.00. The first kappa shape index (κ1) is 13.9. The molecule has 0 atom stereocenters. The summed E-state index contributed by atoms with van der Waals surface area (Å²) in [6, 6.07) is 16.8. The topological polar surface area (TPSA) is 44.5 Å². The zero-order valence-corrected chi connectivity index (χ0v) is 11.4. The van der Waals surface area contributed by atoms with Crippen molar-refractivity contribution >= 4 is 6.21 Å². The Labute approximate surface area is 118 Å². The number of hydroxylamine groups is 1. The van der Waals surface area contributed by atoms with Gasteiger partial charge in [-0.25, -0.2) is 4.74 Å². The van der Waals surface area contributed by atoms with Crippen molar-refractivity contribution in [2.75, 3.05) is 13.7 Å². The lowest BCUT2D eigenvalue weighted by molar-refractivity contribution is -0.471. The lowest BCUT2D eigenvalue weighted by atomic mass is 10.2. The highest BCUT2D eigenvalue weighted by atomic mass is 16.5. The molecule has 4 heteroatoms. The summed E-state index contributed by atoms with van der Waals surface area (Å²) in [5, 5.41) is 11.7. The summed E-state index contributed by atoms with van der Waals surface area (Å²) in [5.74, 6) is 1.48. The van der Waals surface area contributed by atoms with Crippen molar-refractivity contribution in [2.45, 2.75) is 6.54 Å². The summed E-state index contributed by atoms with van der Waals surface area (Å²) < 4.78 is 11.4. The van der Waals surface area contributed by atoms with Crippen LogP contribution in [-0.2, 0) is 6.54 Å². The summed E-state index contributed by atoms with van der Waals surface area (Å²) in [6.45, 7) is 0.565. The predicted octanol–water partition coefficient (Wildman–Crippen LogP) is 2.86. The Balaban J connectivity index is 1.82. The molecule has 0 aromatic heterocycles. The number of methoxy groups -OCH3 is 1. The number of hydrogen-bond acceptors (Lipinski definition) is 3. The zero-order chi connectivity index (χ0) is 14.2. The molecule has 2 rings (SSSR count). The van der Waals surface area contributed by atoms with E-state index < -0.39 is 0 Å². The second-order valence-electron chi connectivity index (χ2n) is 4.23. The monoisotopic (exact) mass is 271 g/mol. The van der Waals surface area contributed by atoms with E-state index in [2.05, 4.69) is 0 Å². The van der Waals surface area contributed by atoms with E-state index >= 15 is 0 Å². The molecule has 0 aliphatic rings. The minimum Gasteiger partial charge on any atom is -0.624 e. The van der Waals surface area contributed by atoms with Gasteiger partial charge in [-0.15, -0.1) is 0 Å². The Bertz CT molecular complexity index is 550. The standard InChI is InChI=1S/C16H17NO3/c1-19-15-7-9-16(10-8-15)20-12-11-17(18)13-14-5-3-2-4-6-14/h2-11H,12-13H2,1H3/b17-11-. The van der Waals surface area contributed by atoms with Crippen LogP contribution in [0.2, 0.25) is 0 Å². The van der Waals surface area contributed by atoms with Gasteiger partial charge in [-0.3, -0.25) is 0 Å². The number of nitrogens with zero attached hydrogens (tertiary/aromatic N) is 1. The van der Waals surface area contributed by atoms with Gasteiger partial charge in [0, 0.05) is 5.56 Å². The minimum absolute atomic E-state index is 0.239. The van der Waals surface area contributed by atoms with Crippen LogP contribution >= 0.6 is 0 Å². The molecule has 0 saturated carbocycles. The fourth-order valence-electron chi connectivity index (χ4n) is 1.72. The number of benzene rings is 2. The molecule has 0 aliphatic carbocycles. The maximum absolute atomic E-state index is 11.7. The van der Waals surface area contributed by atoms with E-state index in [1.165, 1.54) is 6.21 Å². The van der Waals surface area contributed by atoms with Gasteiger partial charge >= 0.3 is 0 Å². The van der Waals surface area contributed by atoms with Gasteiger partial charge in [-0.2, -0.15) is 0 Å². The molecule has 0 N–H and O–H groups in total. The molecular formula is C16H17NO3. The molecule has 0 saturated heterocycles. The Morgan fingerprint density at radius 3 is 2.30 bits per heavy atom. The Morgan fingerprint density at radius 2 is 1.65 bits per heavy atom. The zero-order valence-electron chi connectivity index (χ0n) is 11.4. The van der Waals surface area contributed by atoms with E-state index in [4.69, 9.17) is 9.47 Å². The van der Waals surface area contributed by atoms with Crippen LogP contribution in [-0.4, -0.2) is 24.7 Å². The second-order valence-corrected chi connectivity index (χ2v) is 4.23. The van der Waals surface area contributed by atoms with E-state index in [0.717, 1.165) is 16.1 Å². The molecule has 0 spiro atoms. The van der Waals surface area contributed by atoms with E-state index in [1.54, 1.807) is 19.2 Å². The average Bonchev–Trinajstić information content (AvgIpc) is 2.49. The van der Waals surface area contributed by atoms with Gasteiger partial charge in [0.2, 0.25) is 0 Å². The molecule has 0 unspecified atom stereocenters. The van der Waals surface area contributed by atoms with Crippen LogP contribution in [0, 0.1) is 5.21 Å². The molecule has 0 radical (unpaired) electrons. The van der Waals surface area contributed by atoms with Gasteiger partial charge in [0.05, 0.1) is 7.11 Å². The summed E-state index contributed by atoms with van der Waals surface area (Å²) >= 11 is 0. The Morgan fingerprint density at radius 1 is 1.00 bits per heavy atom. The first-order chi connectivity index (χ1) is 9.78. The lowest BCUT2D eigenvalue weighted by Crippen LogP contribution is -2.10. The molecule has 2 aromatic rings. The molecule has 0 heterocycles. The third-order valence-corrected chi connectivity index (χ3v) is 2.77. The smallest absolute Gasteiger partial charge is 0.189 e. The molecule has 104 valence electrons. The highest BCUT2D eigenvalue weighted by Gasteiger charge is 1.98. The van der Waals surface area contributed by atoms with Crippen LogP contribution in [0.4, 0.5) is 0 Å². The fourth-order valence-corrected chi connectivity index (χ4v) is 1.72. The average molecular weight is 271 g/mol. The van der Waals surface area contributed by atoms with Crippen molar-refractivity contribution in [1.82, 2.24) is 0 Å². The maximum Gasteiger partial charge on any atom is 0.189 e. The quantitative estimate of drug-likeness (QED) is 0.351. The first-order valence-electron chi connectivity index (χ1n) is 6.36. The van der Waals surface area contributed by atoms with Gasteiger partial charge in [-0.1, -0.05) is 30.3 Å². The fraction of sp³-hybridized carbons (Fsp3) is 0.188. The minimum atomic E-state index is 0.239. The van der Waals surface area contributed by atoms with Gasteiger partial charge in [0.1, 0.15) is 11.5 Å². The van der Waals surface area contributed by atoms with Crippen molar-refractivity contribution in [1.29, 1.82) is 0 Å². The van der Waals surface area contributed by atoms with Crippen molar-refractivity contribution in [2.24, 2.45) is 0 Å². The summed E-state index contributed by atoms with van der Waals surface area (Å²) in [4.78, 5) is 0. The van der Waals surface area contributed by atoms with Crippen LogP contribution in [0.5, 0.6) is 11.5 Å². The molecular weight excluding hydrogens is 254 g/mol. The molecule has 0 fully saturated rings. The number of hydrogen-bond donors (Lipinski definition) is 0. The van der Waals surface area contributed by atoms with Crippen LogP contribution in [0.1, 0.15) is 5.56 Å². The van der Waals surface area contributed by atoms with E-state index in [0.29, 0.717) is 12.3 Å². The highest BCUT2D eigenvalue weighted by molar-refractivity contribution is 5.53. The van der Waals surface area contributed by atoms with Crippen molar-refractivity contribution in [3.8, 4) is 11.5 Å². The van der Waals surface area contributed by atoms with Crippen LogP contribution < -0.4 is 9.47 Å².